The van der Waals surface area contributed by atoms with Crippen LogP contribution in [-0.4, -0.2) is 16.9 Å². The number of primary amides is 1. The Hall–Kier alpha value is -3.15. The molecule has 0 saturated heterocycles. The lowest BCUT2D eigenvalue weighted by atomic mass is 10.0. The summed E-state index contributed by atoms with van der Waals surface area (Å²) in [5, 5.41) is 8.88. The summed E-state index contributed by atoms with van der Waals surface area (Å²) in [5.74, 6) is 0.702. The van der Waals surface area contributed by atoms with Crippen LogP contribution in [0.25, 0.3) is 22.2 Å². The number of amides is 2. The fraction of sp³-hybridized carbons (Fsp3) is 0.0625. The van der Waals surface area contributed by atoms with Gasteiger partial charge in [-0.3, -0.25) is 0 Å². The molecule has 0 bridgehead atoms. The maximum Gasteiger partial charge on any atom is 0.332 e. The molecular weight excluding hydrogens is 280 g/mol. The molecular formula is C16H14N4O2. The van der Waals surface area contributed by atoms with Crippen molar-refractivity contribution in [1.29, 1.82) is 0 Å². The number of nitrogens with zero attached hydrogens (tertiary/aromatic N) is 2. The molecule has 2 aromatic carbocycles. The van der Waals surface area contributed by atoms with Gasteiger partial charge in [0, 0.05) is 5.56 Å². The van der Waals surface area contributed by atoms with Crippen LogP contribution >= 0.6 is 0 Å². The van der Waals surface area contributed by atoms with Crippen LogP contribution in [0.1, 0.15) is 12.5 Å². The molecule has 3 rings (SSSR count). The fourth-order valence-corrected chi connectivity index (χ4v) is 2.17. The van der Waals surface area contributed by atoms with E-state index in [9.17, 15) is 4.79 Å². The van der Waals surface area contributed by atoms with Crippen LogP contribution in [0.2, 0.25) is 0 Å². The Morgan fingerprint density at radius 2 is 2.00 bits per heavy atom. The van der Waals surface area contributed by atoms with Crippen LogP contribution < -0.4 is 11.2 Å². The number of nitrogens with two attached hydrogens (primary N) is 1. The third-order valence-electron chi connectivity index (χ3n) is 3.26. The second-order valence-corrected chi connectivity index (χ2v) is 4.78. The monoisotopic (exact) mass is 294 g/mol. The fourth-order valence-electron chi connectivity index (χ4n) is 2.17. The minimum Gasteiger partial charge on any atom is -0.355 e. The first-order valence-electron chi connectivity index (χ1n) is 6.70. The standard InChI is InChI=1S/C16H14N4O2/c1-10(18-19-16(17)21)12-7-8-14-13(9-12)15(22-20-14)11-5-3-2-4-6-11/h2-9H,1H3,(H3,17,19,21)/b18-10+. The molecule has 0 saturated carbocycles. The third kappa shape index (κ3) is 2.67. The van der Waals surface area contributed by atoms with E-state index in [0.29, 0.717) is 11.5 Å². The highest BCUT2D eigenvalue weighted by Crippen LogP contribution is 2.29. The molecule has 0 aliphatic heterocycles. The van der Waals surface area contributed by atoms with Crippen LogP contribution in [-0.2, 0) is 0 Å². The van der Waals surface area contributed by atoms with Crippen LogP contribution in [0.5, 0.6) is 0 Å². The number of hydrazone groups is 1. The van der Waals surface area contributed by atoms with Gasteiger partial charge >= 0.3 is 6.03 Å². The molecule has 0 fully saturated rings. The molecule has 0 aliphatic rings. The highest BCUT2D eigenvalue weighted by molar-refractivity contribution is 6.03. The van der Waals surface area contributed by atoms with Crippen molar-refractivity contribution in [3.63, 3.8) is 0 Å². The van der Waals surface area contributed by atoms with E-state index in [4.69, 9.17) is 10.3 Å². The van der Waals surface area contributed by atoms with Crippen molar-refractivity contribution in [2.45, 2.75) is 6.92 Å². The topological polar surface area (TPSA) is 93.5 Å². The molecule has 3 N–H and O–H groups in total. The largest absolute Gasteiger partial charge is 0.355 e. The van der Waals surface area contributed by atoms with Crippen LogP contribution in [0.15, 0.2) is 58.2 Å². The maximum absolute atomic E-state index is 10.7. The predicted molar refractivity (Wildman–Crippen MR) is 84.4 cm³/mol. The van der Waals surface area contributed by atoms with Crippen molar-refractivity contribution in [3.05, 3.63) is 54.1 Å². The number of carbonyl (C=O) groups is 1. The average Bonchev–Trinajstić information content (AvgIpc) is 2.96. The number of benzene rings is 2. The Morgan fingerprint density at radius 3 is 2.73 bits per heavy atom. The van der Waals surface area contributed by atoms with Gasteiger partial charge in [-0.05, 0) is 24.6 Å². The molecule has 0 spiro atoms. The number of hydrogen-bond donors (Lipinski definition) is 2. The average molecular weight is 294 g/mol. The number of fused-ring (bicyclic) bond motifs is 1. The van der Waals surface area contributed by atoms with Gasteiger partial charge in [-0.2, -0.15) is 5.10 Å². The first-order chi connectivity index (χ1) is 10.6. The van der Waals surface area contributed by atoms with Gasteiger partial charge in [0.1, 0.15) is 5.52 Å². The van der Waals surface area contributed by atoms with E-state index >= 15 is 0 Å². The van der Waals surface area contributed by atoms with Gasteiger partial charge in [-0.1, -0.05) is 41.6 Å². The first-order valence-corrected chi connectivity index (χ1v) is 6.70. The number of urea groups is 1. The Kier molecular flexibility index (Phi) is 3.57. The minimum absolute atomic E-state index is 0.640. The molecule has 6 heteroatoms. The van der Waals surface area contributed by atoms with E-state index in [0.717, 1.165) is 22.0 Å². The molecule has 22 heavy (non-hydrogen) atoms. The van der Waals surface area contributed by atoms with Gasteiger partial charge in [-0.15, -0.1) is 0 Å². The van der Waals surface area contributed by atoms with Crippen molar-refractivity contribution in [3.8, 4) is 11.3 Å². The van der Waals surface area contributed by atoms with Gasteiger partial charge < -0.3 is 10.3 Å². The Morgan fingerprint density at radius 1 is 1.23 bits per heavy atom. The van der Waals surface area contributed by atoms with Crippen molar-refractivity contribution < 1.29 is 9.32 Å². The summed E-state index contributed by atoms with van der Waals surface area (Å²) in [6.45, 7) is 1.78. The smallest absolute Gasteiger partial charge is 0.332 e. The van der Waals surface area contributed by atoms with Crippen LogP contribution in [0.4, 0.5) is 4.79 Å². The van der Waals surface area contributed by atoms with Gasteiger partial charge in [0.15, 0.2) is 5.76 Å². The van der Waals surface area contributed by atoms with Crippen LogP contribution in [0, 0.1) is 0 Å². The molecule has 1 heterocycles. The van der Waals surface area contributed by atoms with Crippen LogP contribution in [0.3, 0.4) is 0 Å². The lowest BCUT2D eigenvalue weighted by molar-refractivity contribution is 0.249. The van der Waals surface area contributed by atoms with Crippen molar-refractivity contribution >= 4 is 22.6 Å². The highest BCUT2D eigenvalue weighted by atomic mass is 16.5. The number of aromatic nitrogens is 1. The van der Waals surface area contributed by atoms with Gasteiger partial charge in [0.05, 0.1) is 11.1 Å². The number of hydrogen-bond acceptors (Lipinski definition) is 4. The first kappa shape index (κ1) is 13.8. The van der Waals surface area contributed by atoms with Crippen molar-refractivity contribution in [1.82, 2.24) is 10.6 Å². The van der Waals surface area contributed by atoms with Gasteiger partial charge in [-0.25, -0.2) is 10.2 Å². The summed E-state index contributed by atoms with van der Waals surface area (Å²) in [6, 6.07) is 14.7. The number of rotatable bonds is 3. The summed E-state index contributed by atoms with van der Waals surface area (Å²) < 4.78 is 5.45. The third-order valence-corrected chi connectivity index (χ3v) is 3.26. The van der Waals surface area contributed by atoms with Gasteiger partial charge in [0.25, 0.3) is 0 Å². The molecule has 0 aliphatic carbocycles. The highest BCUT2D eigenvalue weighted by Gasteiger charge is 2.11. The molecule has 0 atom stereocenters. The quantitative estimate of drug-likeness (QED) is 0.574. The molecule has 1 aromatic heterocycles. The normalized spacial score (nSPS) is 11.6. The van der Waals surface area contributed by atoms with E-state index in [2.05, 4.69) is 15.7 Å². The van der Waals surface area contributed by atoms with E-state index in [1.54, 1.807) is 6.92 Å². The van der Waals surface area contributed by atoms with E-state index in [1.807, 2.05) is 48.5 Å². The lowest BCUT2D eigenvalue weighted by Crippen LogP contribution is -2.25. The molecule has 110 valence electrons. The number of nitrogens with one attached hydrogen (secondary N) is 1. The molecule has 6 nitrogen and oxygen atoms in total. The van der Waals surface area contributed by atoms with E-state index in [-0.39, 0.29) is 0 Å². The summed E-state index contributed by atoms with van der Waals surface area (Å²) in [4.78, 5) is 10.7. The summed E-state index contributed by atoms with van der Waals surface area (Å²) in [7, 11) is 0. The Labute approximate surface area is 126 Å². The molecule has 3 aromatic rings. The van der Waals surface area contributed by atoms with Crippen molar-refractivity contribution in [2.75, 3.05) is 0 Å². The lowest BCUT2D eigenvalue weighted by Gasteiger charge is -2.02. The van der Waals surface area contributed by atoms with Gasteiger partial charge in [0.2, 0.25) is 0 Å². The maximum atomic E-state index is 10.7. The second-order valence-electron chi connectivity index (χ2n) is 4.78. The Bertz CT molecular complexity index is 853. The summed E-state index contributed by atoms with van der Waals surface area (Å²) in [5.41, 5.74) is 10.4. The van der Waals surface area contributed by atoms with Crippen molar-refractivity contribution in [2.24, 2.45) is 10.8 Å². The zero-order valence-electron chi connectivity index (χ0n) is 11.9. The zero-order chi connectivity index (χ0) is 15.5. The number of carbonyl (C=O) groups excluding carboxylic acids is 1. The summed E-state index contributed by atoms with van der Waals surface area (Å²) in [6.07, 6.45) is 0. The Balaban J connectivity index is 2.06. The molecule has 0 unspecified atom stereocenters. The predicted octanol–water partition coefficient (Wildman–Crippen LogP) is 2.89. The minimum atomic E-state index is -0.699. The van der Waals surface area contributed by atoms with E-state index in [1.165, 1.54) is 0 Å². The van der Waals surface area contributed by atoms with E-state index < -0.39 is 6.03 Å². The SMILES string of the molecule is C/C(=N\NC(N)=O)c1ccc2noc(-c3ccccc3)c2c1. The zero-order valence-corrected chi connectivity index (χ0v) is 11.9. The molecule has 2 amide bonds. The summed E-state index contributed by atoms with van der Waals surface area (Å²) >= 11 is 0. The molecule has 0 radical (unpaired) electrons. The second kappa shape index (κ2) is 5.69.